The van der Waals surface area contributed by atoms with Gasteiger partial charge in [0.25, 0.3) is 0 Å². The zero-order valence-electron chi connectivity index (χ0n) is 19.2. The number of hydrogen-bond donors (Lipinski definition) is 1. The number of nitrogens with zero attached hydrogens (tertiary/aromatic N) is 2. The molecule has 7 heteroatoms. The maximum Gasteiger partial charge on any atom is 0.243 e. The molecule has 0 bridgehead atoms. The summed E-state index contributed by atoms with van der Waals surface area (Å²) < 4.78 is 29.5. The number of benzene rings is 2. The topological polar surface area (TPSA) is 71.4 Å². The number of nitrogens with one attached hydrogen (secondary N) is 1. The number of sulfonamides is 1. The number of carbonyl (C=O) groups is 1. The summed E-state index contributed by atoms with van der Waals surface area (Å²) in [4.78, 5) is 12.8. The largest absolute Gasteiger partial charge is 0.354 e. The van der Waals surface area contributed by atoms with Gasteiger partial charge < -0.3 is 9.88 Å². The number of carbonyl (C=O) groups excluding carboxylic acids is 1. The number of hydrogen-bond acceptors (Lipinski definition) is 3. The summed E-state index contributed by atoms with van der Waals surface area (Å²) in [6, 6.07) is 17.6. The number of aromatic nitrogens is 1. The minimum atomic E-state index is -3.45. The lowest BCUT2D eigenvalue weighted by Crippen LogP contribution is -2.35. The fourth-order valence-electron chi connectivity index (χ4n) is 4.46. The van der Waals surface area contributed by atoms with Crippen molar-refractivity contribution in [3.05, 3.63) is 66.4 Å². The highest BCUT2D eigenvalue weighted by molar-refractivity contribution is 7.89. The minimum absolute atomic E-state index is 0.0294. The number of amides is 1. The molecule has 1 amide bonds. The first-order valence-electron chi connectivity index (χ1n) is 11.9. The fraction of sp³-hybridized carbons (Fsp3) is 0.423. The first kappa shape index (κ1) is 23.5. The molecule has 0 aliphatic carbocycles. The summed E-state index contributed by atoms with van der Waals surface area (Å²) in [6.07, 6.45) is 7.08. The monoisotopic (exact) mass is 467 g/mol. The van der Waals surface area contributed by atoms with Gasteiger partial charge >= 0.3 is 0 Å². The predicted molar refractivity (Wildman–Crippen MR) is 132 cm³/mol. The van der Waals surface area contributed by atoms with E-state index in [4.69, 9.17) is 0 Å². The third-order valence-corrected chi connectivity index (χ3v) is 8.29. The Morgan fingerprint density at radius 2 is 1.79 bits per heavy atom. The Balaban J connectivity index is 1.33. The molecule has 1 aliphatic rings. The Bertz CT molecular complexity index is 1180. The van der Waals surface area contributed by atoms with Crippen LogP contribution >= 0.6 is 0 Å². The van der Waals surface area contributed by atoms with E-state index in [0.29, 0.717) is 31.0 Å². The van der Waals surface area contributed by atoms with Gasteiger partial charge in [0.2, 0.25) is 15.9 Å². The van der Waals surface area contributed by atoms with Crippen LogP contribution in [0, 0.1) is 0 Å². The Labute approximate surface area is 196 Å². The molecule has 0 unspecified atom stereocenters. The van der Waals surface area contributed by atoms with E-state index in [2.05, 4.69) is 17.4 Å². The highest BCUT2D eigenvalue weighted by Gasteiger charge is 2.26. The average molecular weight is 468 g/mol. The van der Waals surface area contributed by atoms with E-state index in [1.54, 1.807) is 16.4 Å². The van der Waals surface area contributed by atoms with Crippen molar-refractivity contribution in [2.75, 3.05) is 13.1 Å². The van der Waals surface area contributed by atoms with Gasteiger partial charge in [0.1, 0.15) is 0 Å². The van der Waals surface area contributed by atoms with E-state index < -0.39 is 10.0 Å². The average Bonchev–Trinajstić information content (AvgIpc) is 3.25. The first-order valence-corrected chi connectivity index (χ1v) is 13.3. The number of piperidine rings is 1. The molecule has 1 aliphatic heterocycles. The Hall–Kier alpha value is -2.64. The van der Waals surface area contributed by atoms with Gasteiger partial charge in [0.05, 0.1) is 4.90 Å². The molecule has 1 aromatic heterocycles. The first-order chi connectivity index (χ1) is 15.9. The molecule has 2 aromatic carbocycles. The second-order valence-electron chi connectivity index (χ2n) is 8.94. The Morgan fingerprint density at radius 3 is 2.55 bits per heavy atom. The van der Waals surface area contributed by atoms with Crippen molar-refractivity contribution in [1.82, 2.24) is 14.2 Å². The number of aryl methyl sites for hydroxylation is 2. The third-order valence-electron chi connectivity index (χ3n) is 6.39. The number of rotatable bonds is 9. The van der Waals surface area contributed by atoms with Crippen molar-refractivity contribution in [2.24, 2.45) is 0 Å². The summed E-state index contributed by atoms with van der Waals surface area (Å²) in [5.41, 5.74) is 2.22. The standard InChI is InChI=1S/C26H33N3O3S/c1-21(10-11-22-8-4-2-5-9-22)27-26(30)15-19-28-18-14-23-20-24(12-13-25(23)28)33(31,32)29-16-6-3-7-17-29/h2,4-5,8-9,12-14,18,20-21H,3,6-7,10-11,15-17,19H2,1H3,(H,27,30)/t21-/m0/s1. The predicted octanol–water partition coefficient (Wildman–Crippen LogP) is 4.34. The second kappa shape index (κ2) is 10.5. The van der Waals surface area contributed by atoms with Crippen molar-refractivity contribution in [1.29, 1.82) is 0 Å². The lowest BCUT2D eigenvalue weighted by atomic mass is 10.1. The normalized spacial score (nSPS) is 16.0. The molecule has 0 spiro atoms. The van der Waals surface area contributed by atoms with Crippen molar-refractivity contribution in [3.63, 3.8) is 0 Å². The van der Waals surface area contributed by atoms with Gasteiger partial charge in [-0.2, -0.15) is 4.31 Å². The summed E-state index contributed by atoms with van der Waals surface area (Å²) in [5, 5.41) is 3.97. The molecule has 1 atom stereocenters. The minimum Gasteiger partial charge on any atom is -0.354 e. The highest BCUT2D eigenvalue weighted by Crippen LogP contribution is 2.25. The van der Waals surface area contributed by atoms with E-state index in [1.807, 2.05) is 48.0 Å². The summed E-state index contributed by atoms with van der Waals surface area (Å²) in [6.45, 7) is 3.79. The lowest BCUT2D eigenvalue weighted by molar-refractivity contribution is -0.121. The molecular formula is C26H33N3O3S. The molecule has 1 fully saturated rings. The summed E-state index contributed by atoms with van der Waals surface area (Å²) in [7, 11) is -3.45. The molecule has 176 valence electrons. The molecule has 0 radical (unpaired) electrons. The third kappa shape index (κ3) is 5.84. The van der Waals surface area contributed by atoms with Crippen LogP contribution in [0.3, 0.4) is 0 Å². The molecule has 33 heavy (non-hydrogen) atoms. The zero-order valence-corrected chi connectivity index (χ0v) is 20.1. The van der Waals surface area contributed by atoms with Gasteiger partial charge in [-0.15, -0.1) is 0 Å². The Kier molecular flexibility index (Phi) is 7.50. The van der Waals surface area contributed by atoms with Crippen molar-refractivity contribution in [3.8, 4) is 0 Å². The van der Waals surface area contributed by atoms with Crippen molar-refractivity contribution in [2.45, 2.75) is 62.9 Å². The van der Waals surface area contributed by atoms with E-state index in [1.165, 1.54) is 5.56 Å². The van der Waals surface area contributed by atoms with Crippen LogP contribution in [0.1, 0.15) is 44.6 Å². The Morgan fingerprint density at radius 1 is 1.03 bits per heavy atom. The van der Waals surface area contributed by atoms with E-state index in [0.717, 1.165) is 43.0 Å². The SMILES string of the molecule is C[C@@H](CCc1ccccc1)NC(=O)CCn1ccc2cc(S(=O)(=O)N3CCCCC3)ccc21. The van der Waals surface area contributed by atoms with Gasteiger partial charge in [0, 0.05) is 49.2 Å². The molecule has 4 rings (SSSR count). The van der Waals surface area contributed by atoms with Crippen LogP contribution < -0.4 is 5.32 Å². The van der Waals surface area contributed by atoms with Crippen LogP contribution in [0.15, 0.2) is 65.7 Å². The molecule has 6 nitrogen and oxygen atoms in total. The smallest absolute Gasteiger partial charge is 0.243 e. The number of fused-ring (bicyclic) bond motifs is 1. The fourth-order valence-corrected chi connectivity index (χ4v) is 6.01. The van der Waals surface area contributed by atoms with Crippen molar-refractivity contribution >= 4 is 26.8 Å². The quantitative estimate of drug-likeness (QED) is 0.509. The van der Waals surface area contributed by atoms with Crippen LogP contribution in [0.5, 0.6) is 0 Å². The van der Waals surface area contributed by atoms with E-state index in [9.17, 15) is 13.2 Å². The van der Waals surface area contributed by atoms with Gasteiger partial charge in [-0.3, -0.25) is 4.79 Å². The van der Waals surface area contributed by atoms with Gasteiger partial charge in [0.15, 0.2) is 0 Å². The summed E-state index contributed by atoms with van der Waals surface area (Å²) >= 11 is 0. The zero-order chi connectivity index (χ0) is 23.3. The molecule has 3 aromatic rings. The highest BCUT2D eigenvalue weighted by atomic mass is 32.2. The van der Waals surface area contributed by atoms with Crippen LogP contribution in [-0.4, -0.2) is 42.3 Å². The molecule has 1 saturated heterocycles. The maximum atomic E-state index is 13.0. The van der Waals surface area contributed by atoms with Crippen molar-refractivity contribution < 1.29 is 13.2 Å². The molecule has 2 heterocycles. The van der Waals surface area contributed by atoms with Crippen LogP contribution in [0.4, 0.5) is 0 Å². The second-order valence-corrected chi connectivity index (χ2v) is 10.9. The van der Waals surface area contributed by atoms with Crippen LogP contribution in [-0.2, 0) is 27.8 Å². The maximum absolute atomic E-state index is 13.0. The van der Waals surface area contributed by atoms with Crippen LogP contribution in [0.2, 0.25) is 0 Å². The van der Waals surface area contributed by atoms with Gasteiger partial charge in [-0.05, 0) is 62.4 Å². The van der Waals surface area contributed by atoms with Gasteiger partial charge in [-0.1, -0.05) is 36.8 Å². The van der Waals surface area contributed by atoms with Gasteiger partial charge in [-0.25, -0.2) is 8.42 Å². The molecule has 0 saturated carbocycles. The lowest BCUT2D eigenvalue weighted by Gasteiger charge is -2.25. The summed E-state index contributed by atoms with van der Waals surface area (Å²) in [5.74, 6) is 0.0294. The molecule has 1 N–H and O–H groups in total. The molecular weight excluding hydrogens is 434 g/mol. The van der Waals surface area contributed by atoms with E-state index >= 15 is 0 Å². The van der Waals surface area contributed by atoms with Crippen LogP contribution in [0.25, 0.3) is 10.9 Å². The van der Waals surface area contributed by atoms with E-state index in [-0.39, 0.29) is 11.9 Å².